The van der Waals surface area contributed by atoms with Crippen molar-refractivity contribution in [3.8, 4) is 0 Å². The SMILES string of the molecule is O=C1NC2CC/C(OCC3OC4CC/C=C/CCC4O3)=C/CCC2O1. The molecule has 2 saturated heterocycles. The lowest BCUT2D eigenvalue weighted by Crippen LogP contribution is -2.32. The highest BCUT2D eigenvalue weighted by Gasteiger charge is 2.37. The van der Waals surface area contributed by atoms with E-state index in [1.807, 2.05) is 0 Å². The fourth-order valence-electron chi connectivity index (χ4n) is 4.07. The standard InChI is InChI=1S/C19H27NO5/c21-19-20-14-11-10-13(6-5-9-15(14)25-19)22-12-18-23-16-7-3-1-2-4-8-17(16)24-18/h1-2,6,14-18H,3-5,7-12H2,(H,20,21)/b2-1+,13-6-. The van der Waals surface area contributed by atoms with Crippen molar-refractivity contribution >= 4 is 6.09 Å². The molecular weight excluding hydrogens is 322 g/mol. The van der Waals surface area contributed by atoms with Crippen LogP contribution in [0.2, 0.25) is 0 Å². The summed E-state index contributed by atoms with van der Waals surface area (Å²) >= 11 is 0. The molecule has 6 heteroatoms. The molecule has 1 N–H and O–H groups in total. The highest BCUT2D eigenvalue weighted by atomic mass is 16.7. The molecule has 4 atom stereocenters. The van der Waals surface area contributed by atoms with Crippen LogP contribution in [0.25, 0.3) is 0 Å². The molecule has 0 bridgehead atoms. The van der Waals surface area contributed by atoms with Crippen LogP contribution in [0.5, 0.6) is 0 Å². The summed E-state index contributed by atoms with van der Waals surface area (Å²) in [7, 11) is 0. The maximum atomic E-state index is 11.4. The number of carbonyl (C=O) groups is 1. The van der Waals surface area contributed by atoms with Crippen molar-refractivity contribution in [1.82, 2.24) is 5.32 Å². The molecule has 0 aromatic rings. The minimum absolute atomic E-state index is 0.00333. The maximum absolute atomic E-state index is 11.4. The van der Waals surface area contributed by atoms with Crippen LogP contribution < -0.4 is 5.32 Å². The number of hydrogen-bond acceptors (Lipinski definition) is 5. The van der Waals surface area contributed by atoms with Crippen LogP contribution in [0.15, 0.2) is 24.0 Å². The Morgan fingerprint density at radius 1 is 1.00 bits per heavy atom. The topological polar surface area (TPSA) is 66.0 Å². The lowest BCUT2D eigenvalue weighted by Gasteiger charge is -2.21. The van der Waals surface area contributed by atoms with Crippen molar-refractivity contribution in [1.29, 1.82) is 0 Å². The molecule has 4 aliphatic rings. The maximum Gasteiger partial charge on any atom is 0.407 e. The van der Waals surface area contributed by atoms with Gasteiger partial charge in [0.25, 0.3) is 0 Å². The summed E-state index contributed by atoms with van der Waals surface area (Å²) in [6.45, 7) is 0.434. The third kappa shape index (κ3) is 4.18. The fourth-order valence-corrected chi connectivity index (χ4v) is 4.07. The third-order valence-electron chi connectivity index (χ3n) is 5.41. The molecule has 0 radical (unpaired) electrons. The molecule has 2 fully saturated rings. The van der Waals surface area contributed by atoms with E-state index in [4.69, 9.17) is 18.9 Å². The summed E-state index contributed by atoms with van der Waals surface area (Å²) in [6.07, 6.45) is 13.9. The Morgan fingerprint density at radius 3 is 2.48 bits per heavy atom. The average Bonchev–Trinajstić information content (AvgIpc) is 3.10. The van der Waals surface area contributed by atoms with Gasteiger partial charge in [0.05, 0.1) is 24.0 Å². The lowest BCUT2D eigenvalue weighted by molar-refractivity contribution is -0.103. The molecule has 6 nitrogen and oxygen atoms in total. The Morgan fingerprint density at radius 2 is 1.72 bits per heavy atom. The predicted octanol–water partition coefficient (Wildman–Crippen LogP) is 3.18. The van der Waals surface area contributed by atoms with Gasteiger partial charge in [0, 0.05) is 6.42 Å². The average molecular weight is 349 g/mol. The zero-order valence-electron chi connectivity index (χ0n) is 14.5. The molecule has 0 saturated carbocycles. The summed E-state index contributed by atoms with van der Waals surface area (Å²) in [6, 6.07) is 0.0987. The van der Waals surface area contributed by atoms with Gasteiger partial charge in [0.2, 0.25) is 0 Å². The van der Waals surface area contributed by atoms with Gasteiger partial charge in [-0.2, -0.15) is 0 Å². The van der Waals surface area contributed by atoms with E-state index >= 15 is 0 Å². The first kappa shape index (κ1) is 16.9. The number of ether oxygens (including phenoxy) is 4. The Balaban J connectivity index is 1.26. The molecule has 0 aromatic carbocycles. The second-order valence-corrected chi connectivity index (χ2v) is 7.20. The van der Waals surface area contributed by atoms with E-state index in [9.17, 15) is 4.79 Å². The predicted molar refractivity (Wildman–Crippen MR) is 90.8 cm³/mol. The number of amides is 1. The zero-order valence-corrected chi connectivity index (χ0v) is 14.5. The number of allylic oxidation sites excluding steroid dienone is 4. The molecular formula is C19H27NO5. The van der Waals surface area contributed by atoms with Crippen LogP contribution in [0.3, 0.4) is 0 Å². The van der Waals surface area contributed by atoms with Crippen molar-refractivity contribution < 1.29 is 23.7 Å². The zero-order chi connectivity index (χ0) is 17.1. The number of nitrogens with one attached hydrogen (secondary N) is 1. The van der Waals surface area contributed by atoms with Gasteiger partial charge in [0.1, 0.15) is 12.7 Å². The Hall–Kier alpha value is -1.53. The third-order valence-corrected chi connectivity index (χ3v) is 5.41. The largest absolute Gasteiger partial charge is 0.493 e. The Labute approximate surface area is 148 Å². The van der Waals surface area contributed by atoms with Gasteiger partial charge in [-0.1, -0.05) is 12.2 Å². The first-order valence-corrected chi connectivity index (χ1v) is 9.53. The van der Waals surface area contributed by atoms with E-state index in [-0.39, 0.29) is 36.7 Å². The Kier molecular flexibility index (Phi) is 5.27. The molecule has 1 amide bonds. The van der Waals surface area contributed by atoms with Crippen LogP contribution >= 0.6 is 0 Å². The summed E-state index contributed by atoms with van der Waals surface area (Å²) in [5.74, 6) is 0.970. The monoisotopic (exact) mass is 349 g/mol. The van der Waals surface area contributed by atoms with Gasteiger partial charge in [-0.25, -0.2) is 4.79 Å². The van der Waals surface area contributed by atoms with Crippen LogP contribution in [0, 0.1) is 0 Å². The molecule has 138 valence electrons. The second-order valence-electron chi connectivity index (χ2n) is 7.20. The minimum Gasteiger partial charge on any atom is -0.493 e. The minimum atomic E-state index is -0.295. The molecule has 2 heterocycles. The quantitative estimate of drug-likeness (QED) is 0.793. The van der Waals surface area contributed by atoms with Crippen molar-refractivity contribution in [3.05, 3.63) is 24.0 Å². The van der Waals surface area contributed by atoms with E-state index in [1.165, 1.54) is 0 Å². The van der Waals surface area contributed by atoms with Crippen LogP contribution in [-0.4, -0.2) is 43.3 Å². The molecule has 4 unspecified atom stereocenters. The first-order chi connectivity index (χ1) is 12.3. The number of alkyl carbamates (subject to hydrolysis) is 1. The second kappa shape index (κ2) is 7.79. The summed E-state index contributed by atoms with van der Waals surface area (Å²) in [5.41, 5.74) is 0. The van der Waals surface area contributed by atoms with E-state index in [0.717, 1.165) is 57.1 Å². The number of fused-ring (bicyclic) bond motifs is 2. The van der Waals surface area contributed by atoms with Crippen molar-refractivity contribution in [2.45, 2.75) is 82.0 Å². The van der Waals surface area contributed by atoms with E-state index < -0.39 is 0 Å². The van der Waals surface area contributed by atoms with E-state index in [1.54, 1.807) is 0 Å². The fraction of sp³-hybridized carbons (Fsp3) is 0.737. The van der Waals surface area contributed by atoms with Gasteiger partial charge in [-0.05, 0) is 51.0 Å². The van der Waals surface area contributed by atoms with Crippen LogP contribution in [0.4, 0.5) is 4.79 Å². The van der Waals surface area contributed by atoms with Gasteiger partial charge in [0.15, 0.2) is 6.29 Å². The molecule has 2 aliphatic carbocycles. The van der Waals surface area contributed by atoms with Gasteiger partial charge in [-0.15, -0.1) is 0 Å². The highest BCUT2D eigenvalue weighted by Crippen LogP contribution is 2.29. The Bertz CT molecular complexity index is 528. The summed E-state index contributed by atoms with van der Waals surface area (Å²) in [4.78, 5) is 11.4. The molecule has 25 heavy (non-hydrogen) atoms. The number of rotatable bonds is 3. The molecule has 0 spiro atoms. The summed E-state index contributed by atoms with van der Waals surface area (Å²) < 4.78 is 23.4. The lowest BCUT2D eigenvalue weighted by atomic mass is 9.98. The number of carbonyl (C=O) groups excluding carboxylic acids is 1. The summed E-state index contributed by atoms with van der Waals surface area (Å²) in [5, 5.41) is 2.89. The molecule has 2 aliphatic heterocycles. The smallest absolute Gasteiger partial charge is 0.407 e. The van der Waals surface area contributed by atoms with E-state index in [2.05, 4.69) is 23.5 Å². The highest BCUT2D eigenvalue weighted by molar-refractivity contribution is 5.70. The van der Waals surface area contributed by atoms with Gasteiger partial charge < -0.3 is 24.3 Å². The van der Waals surface area contributed by atoms with Crippen molar-refractivity contribution in [2.75, 3.05) is 6.61 Å². The molecule has 0 aromatic heterocycles. The van der Waals surface area contributed by atoms with Crippen molar-refractivity contribution in [2.24, 2.45) is 0 Å². The van der Waals surface area contributed by atoms with Crippen molar-refractivity contribution in [3.63, 3.8) is 0 Å². The molecule has 4 rings (SSSR count). The van der Waals surface area contributed by atoms with E-state index in [0.29, 0.717) is 6.61 Å². The van der Waals surface area contributed by atoms with Crippen LogP contribution in [0.1, 0.15) is 51.4 Å². The normalized spacial score (nSPS) is 41.5. The van der Waals surface area contributed by atoms with Gasteiger partial charge in [-0.3, -0.25) is 0 Å². The van der Waals surface area contributed by atoms with Crippen LogP contribution in [-0.2, 0) is 18.9 Å². The van der Waals surface area contributed by atoms with Gasteiger partial charge >= 0.3 is 6.09 Å². The number of hydrogen-bond donors (Lipinski definition) is 1. The first-order valence-electron chi connectivity index (χ1n) is 9.53.